The maximum Gasteiger partial charge on any atom is 0.419 e. The molecule has 0 bridgehead atoms. The first-order chi connectivity index (χ1) is 11.3. The van der Waals surface area contributed by atoms with Crippen LogP contribution < -0.4 is 16.4 Å². The van der Waals surface area contributed by atoms with Gasteiger partial charge in [-0.05, 0) is 38.1 Å². The highest BCUT2D eigenvalue weighted by molar-refractivity contribution is 5.57. The fraction of sp³-hybridized carbons (Fsp3) is 0.333. The number of halogens is 4. The van der Waals surface area contributed by atoms with Gasteiger partial charge in [0.1, 0.15) is 11.6 Å². The second kappa shape index (κ2) is 7.43. The molecule has 2 aromatic rings. The van der Waals surface area contributed by atoms with Crippen molar-refractivity contribution >= 4 is 17.5 Å². The van der Waals surface area contributed by atoms with E-state index in [4.69, 9.17) is 5.73 Å². The van der Waals surface area contributed by atoms with E-state index < -0.39 is 17.6 Å². The van der Waals surface area contributed by atoms with Gasteiger partial charge < -0.3 is 16.4 Å². The summed E-state index contributed by atoms with van der Waals surface area (Å²) in [6.07, 6.45) is -2.49. The molecule has 5 nitrogen and oxygen atoms in total. The highest BCUT2D eigenvalue weighted by Crippen LogP contribution is 2.33. The number of aromatic nitrogens is 2. The Labute approximate surface area is 136 Å². The maximum absolute atomic E-state index is 13.3. The predicted molar refractivity (Wildman–Crippen MR) is 83.6 cm³/mol. The summed E-state index contributed by atoms with van der Waals surface area (Å²) in [6, 6.07) is 2.62. The molecule has 0 amide bonds. The van der Waals surface area contributed by atoms with Crippen molar-refractivity contribution < 1.29 is 17.6 Å². The van der Waals surface area contributed by atoms with Crippen molar-refractivity contribution in [1.29, 1.82) is 0 Å². The number of alkyl halides is 3. The van der Waals surface area contributed by atoms with Gasteiger partial charge in [0.05, 0.1) is 5.56 Å². The number of anilines is 3. The van der Waals surface area contributed by atoms with Crippen molar-refractivity contribution in [3.63, 3.8) is 0 Å². The molecular formula is C15H17F4N5. The smallest absolute Gasteiger partial charge is 0.370 e. The molecule has 0 aliphatic rings. The SMILES string of the molecule is Cc1cnc(Nc2ccc(F)c(C(F)(F)F)c2)nc1NCCCN. The van der Waals surface area contributed by atoms with Crippen LogP contribution in [0, 0.1) is 12.7 Å². The predicted octanol–water partition coefficient (Wildman–Crippen LogP) is 3.45. The molecule has 1 aromatic carbocycles. The Morgan fingerprint density at radius 3 is 2.67 bits per heavy atom. The number of rotatable bonds is 6. The van der Waals surface area contributed by atoms with Crippen molar-refractivity contribution in [2.75, 3.05) is 23.7 Å². The average Bonchev–Trinajstić information content (AvgIpc) is 2.51. The zero-order valence-electron chi connectivity index (χ0n) is 12.9. The van der Waals surface area contributed by atoms with Crippen LogP contribution in [0.15, 0.2) is 24.4 Å². The molecule has 0 saturated heterocycles. The largest absolute Gasteiger partial charge is 0.419 e. The molecule has 0 saturated carbocycles. The van der Waals surface area contributed by atoms with E-state index in [0.717, 1.165) is 18.1 Å². The first-order valence-corrected chi connectivity index (χ1v) is 7.22. The van der Waals surface area contributed by atoms with Crippen LogP contribution >= 0.6 is 0 Å². The molecule has 0 spiro atoms. The van der Waals surface area contributed by atoms with Crippen LogP contribution in [0.1, 0.15) is 17.5 Å². The lowest BCUT2D eigenvalue weighted by atomic mass is 10.2. The van der Waals surface area contributed by atoms with E-state index in [1.54, 1.807) is 6.92 Å². The highest BCUT2D eigenvalue weighted by Gasteiger charge is 2.34. The van der Waals surface area contributed by atoms with E-state index in [-0.39, 0.29) is 11.6 Å². The third-order valence-electron chi connectivity index (χ3n) is 3.17. The van der Waals surface area contributed by atoms with Gasteiger partial charge in [0, 0.05) is 24.0 Å². The Kier molecular flexibility index (Phi) is 5.55. The quantitative estimate of drug-likeness (QED) is 0.553. The van der Waals surface area contributed by atoms with Gasteiger partial charge in [0.15, 0.2) is 0 Å². The van der Waals surface area contributed by atoms with Crippen LogP contribution in [0.4, 0.5) is 35.0 Å². The van der Waals surface area contributed by atoms with Gasteiger partial charge in [-0.1, -0.05) is 0 Å². The molecule has 0 fully saturated rings. The van der Waals surface area contributed by atoms with Crippen LogP contribution in [0.5, 0.6) is 0 Å². The van der Waals surface area contributed by atoms with Gasteiger partial charge in [0.25, 0.3) is 0 Å². The summed E-state index contributed by atoms with van der Waals surface area (Å²) in [6.45, 7) is 2.94. The summed E-state index contributed by atoms with van der Waals surface area (Å²) in [5, 5.41) is 5.72. The van der Waals surface area contributed by atoms with Crippen molar-refractivity contribution in [3.8, 4) is 0 Å². The van der Waals surface area contributed by atoms with Gasteiger partial charge in [-0.25, -0.2) is 9.37 Å². The van der Waals surface area contributed by atoms with E-state index in [1.165, 1.54) is 12.3 Å². The van der Waals surface area contributed by atoms with Gasteiger partial charge in [-0.2, -0.15) is 18.2 Å². The Morgan fingerprint density at radius 1 is 1.25 bits per heavy atom. The van der Waals surface area contributed by atoms with Gasteiger partial charge in [-0.15, -0.1) is 0 Å². The molecule has 1 heterocycles. The summed E-state index contributed by atoms with van der Waals surface area (Å²) in [5.41, 5.74) is 4.90. The van der Waals surface area contributed by atoms with Crippen LogP contribution in [0.3, 0.4) is 0 Å². The van der Waals surface area contributed by atoms with Gasteiger partial charge >= 0.3 is 6.18 Å². The van der Waals surface area contributed by atoms with E-state index in [1.807, 2.05) is 0 Å². The third kappa shape index (κ3) is 4.54. The minimum Gasteiger partial charge on any atom is -0.370 e. The number of nitrogens with two attached hydrogens (primary N) is 1. The molecule has 1 aromatic heterocycles. The lowest BCUT2D eigenvalue weighted by Crippen LogP contribution is -2.12. The van der Waals surface area contributed by atoms with E-state index >= 15 is 0 Å². The van der Waals surface area contributed by atoms with Crippen molar-refractivity contribution in [3.05, 3.63) is 41.3 Å². The molecular weight excluding hydrogens is 326 g/mol. The monoisotopic (exact) mass is 343 g/mol. The Morgan fingerprint density at radius 2 is 2.00 bits per heavy atom. The minimum atomic E-state index is -4.77. The van der Waals surface area contributed by atoms with E-state index in [2.05, 4.69) is 20.6 Å². The summed E-state index contributed by atoms with van der Waals surface area (Å²) < 4.78 is 51.5. The molecule has 9 heteroatoms. The topological polar surface area (TPSA) is 75.9 Å². The third-order valence-corrected chi connectivity index (χ3v) is 3.17. The summed E-state index contributed by atoms with van der Waals surface area (Å²) in [7, 11) is 0. The van der Waals surface area contributed by atoms with Crippen molar-refractivity contribution in [2.45, 2.75) is 19.5 Å². The number of hydrogen-bond donors (Lipinski definition) is 3. The summed E-state index contributed by atoms with van der Waals surface area (Å²) in [5.74, 6) is -0.670. The van der Waals surface area contributed by atoms with Crippen molar-refractivity contribution in [2.24, 2.45) is 5.73 Å². The lowest BCUT2D eigenvalue weighted by Gasteiger charge is -2.12. The molecule has 0 unspecified atom stereocenters. The fourth-order valence-electron chi connectivity index (χ4n) is 1.94. The number of nitrogens with zero attached hydrogens (tertiary/aromatic N) is 2. The number of aryl methyl sites for hydroxylation is 1. The van der Waals surface area contributed by atoms with Gasteiger partial charge in [0.2, 0.25) is 5.95 Å². The molecule has 2 rings (SSSR count). The Bertz CT molecular complexity index is 703. The fourth-order valence-corrected chi connectivity index (χ4v) is 1.94. The zero-order valence-corrected chi connectivity index (χ0v) is 12.9. The van der Waals surface area contributed by atoms with E-state index in [0.29, 0.717) is 25.0 Å². The molecule has 24 heavy (non-hydrogen) atoms. The average molecular weight is 343 g/mol. The molecule has 0 atom stereocenters. The van der Waals surface area contributed by atoms with E-state index in [9.17, 15) is 17.6 Å². The highest BCUT2D eigenvalue weighted by atomic mass is 19.4. The number of hydrogen-bond acceptors (Lipinski definition) is 5. The normalized spacial score (nSPS) is 11.4. The minimum absolute atomic E-state index is 0.0421. The van der Waals surface area contributed by atoms with Crippen LogP contribution in [-0.2, 0) is 6.18 Å². The maximum atomic E-state index is 13.3. The first kappa shape index (κ1) is 17.9. The molecule has 130 valence electrons. The first-order valence-electron chi connectivity index (χ1n) is 7.22. The molecule has 0 aliphatic carbocycles. The van der Waals surface area contributed by atoms with Gasteiger partial charge in [-0.3, -0.25) is 0 Å². The summed E-state index contributed by atoms with van der Waals surface area (Å²) in [4.78, 5) is 8.22. The van der Waals surface area contributed by atoms with Crippen molar-refractivity contribution in [1.82, 2.24) is 9.97 Å². The van der Waals surface area contributed by atoms with Crippen LogP contribution in [0.25, 0.3) is 0 Å². The Balaban J connectivity index is 2.20. The zero-order chi connectivity index (χ0) is 17.7. The number of nitrogens with one attached hydrogen (secondary N) is 2. The number of benzene rings is 1. The lowest BCUT2D eigenvalue weighted by molar-refractivity contribution is -0.139. The second-order valence-corrected chi connectivity index (χ2v) is 5.11. The Hall–Kier alpha value is -2.42. The molecule has 0 radical (unpaired) electrons. The standard InChI is InChI=1S/C15H17F4N5/c1-9-8-22-14(24-13(9)21-6-2-5-20)23-10-3-4-12(16)11(7-10)15(17,18)19/h3-4,7-8H,2,5-6,20H2,1H3,(H2,21,22,23,24). The van der Waals surface area contributed by atoms with Crippen LogP contribution in [0.2, 0.25) is 0 Å². The summed E-state index contributed by atoms with van der Waals surface area (Å²) >= 11 is 0. The second-order valence-electron chi connectivity index (χ2n) is 5.11. The molecule has 4 N–H and O–H groups in total. The molecule has 0 aliphatic heterocycles. The van der Waals surface area contributed by atoms with Crippen LogP contribution in [-0.4, -0.2) is 23.1 Å².